The van der Waals surface area contributed by atoms with E-state index in [-0.39, 0.29) is 31.1 Å². The minimum Gasteiger partial charge on any atom is -0.462 e. The summed E-state index contributed by atoms with van der Waals surface area (Å²) in [5, 5.41) is 0. The fraction of sp³-hybridized carbons (Fsp3) is 0.838. The highest BCUT2D eigenvalue weighted by molar-refractivity contribution is 5.71. The molecule has 1 atom stereocenters. The van der Waals surface area contributed by atoms with Crippen molar-refractivity contribution in [3.63, 3.8) is 0 Å². The molecule has 74 heavy (non-hydrogen) atoms. The van der Waals surface area contributed by atoms with Crippen molar-refractivity contribution in [3.05, 3.63) is 48.6 Å². The molecule has 0 amide bonds. The molecule has 0 aliphatic heterocycles. The molecule has 0 aromatic rings. The highest BCUT2D eigenvalue weighted by Crippen LogP contribution is 2.18. The summed E-state index contributed by atoms with van der Waals surface area (Å²) in [7, 11) is 0. The molecule has 0 bridgehead atoms. The quantitative estimate of drug-likeness (QED) is 0.0261. The van der Waals surface area contributed by atoms with Crippen molar-refractivity contribution in [2.24, 2.45) is 0 Å². The molecule has 1 unspecified atom stereocenters. The molecule has 0 aromatic heterocycles. The van der Waals surface area contributed by atoms with E-state index in [1.165, 1.54) is 218 Å². The maximum atomic E-state index is 12.9. The first-order chi connectivity index (χ1) is 36.5. The number of hydrogen-bond donors (Lipinski definition) is 0. The molecule has 6 nitrogen and oxygen atoms in total. The lowest BCUT2D eigenvalue weighted by atomic mass is 10.0. The summed E-state index contributed by atoms with van der Waals surface area (Å²) in [6, 6.07) is 0. The minimum atomic E-state index is -0.780. The highest BCUT2D eigenvalue weighted by atomic mass is 16.6. The smallest absolute Gasteiger partial charge is 0.306 e. The zero-order chi connectivity index (χ0) is 53.6. The van der Waals surface area contributed by atoms with Gasteiger partial charge in [-0.15, -0.1) is 0 Å². The van der Waals surface area contributed by atoms with Crippen LogP contribution in [0.15, 0.2) is 48.6 Å². The topological polar surface area (TPSA) is 78.9 Å². The lowest BCUT2D eigenvalue weighted by Gasteiger charge is -2.18. The van der Waals surface area contributed by atoms with Gasteiger partial charge >= 0.3 is 17.9 Å². The van der Waals surface area contributed by atoms with Crippen LogP contribution in [0.5, 0.6) is 0 Å². The normalized spacial score (nSPS) is 12.3. The molecule has 0 saturated carbocycles. The first-order valence-corrected chi connectivity index (χ1v) is 32.6. The number of unbranched alkanes of at least 4 members (excludes halogenated alkanes) is 41. The molecule has 0 saturated heterocycles. The van der Waals surface area contributed by atoms with Gasteiger partial charge in [0.25, 0.3) is 0 Å². The van der Waals surface area contributed by atoms with E-state index in [4.69, 9.17) is 14.2 Å². The minimum absolute atomic E-state index is 0.0764. The number of rotatable bonds is 60. The van der Waals surface area contributed by atoms with Crippen LogP contribution in [0.3, 0.4) is 0 Å². The van der Waals surface area contributed by atoms with Crippen molar-refractivity contribution in [1.82, 2.24) is 0 Å². The third-order valence-electron chi connectivity index (χ3n) is 14.6. The second kappa shape index (κ2) is 62.9. The van der Waals surface area contributed by atoms with Gasteiger partial charge in [0, 0.05) is 19.3 Å². The van der Waals surface area contributed by atoms with Crippen LogP contribution < -0.4 is 0 Å². The molecule has 432 valence electrons. The number of carbonyl (C=O) groups is 3. The number of carbonyl (C=O) groups excluding carboxylic acids is 3. The first-order valence-electron chi connectivity index (χ1n) is 32.6. The molecule has 0 aliphatic rings. The van der Waals surface area contributed by atoms with Crippen molar-refractivity contribution in [3.8, 4) is 0 Å². The molecule has 0 spiro atoms. The standard InChI is InChI=1S/C68H124O6/c1-4-7-10-13-16-19-22-25-27-29-30-31-32-33-34-35-36-37-38-40-41-43-46-49-52-55-58-61-67(70)73-64-65(63-72-66(69)60-57-54-51-48-45-24-21-18-15-12-9-6-3)74-68(71)62-59-56-53-50-47-44-42-39-28-26-23-20-17-14-11-8-5-2/h8,11,17-18,20-21,26,28,65H,4-7,9-10,12-16,19,22-25,27,29-64H2,1-3H3/b11-8-,20-17-,21-18-,28-26-. The Morgan fingerprint density at radius 3 is 0.865 bits per heavy atom. The van der Waals surface area contributed by atoms with Crippen molar-refractivity contribution in [1.29, 1.82) is 0 Å². The molecule has 0 heterocycles. The molecular formula is C68H124O6. The Morgan fingerprint density at radius 2 is 0.527 bits per heavy atom. The molecular weight excluding hydrogens is 913 g/mol. The summed E-state index contributed by atoms with van der Waals surface area (Å²) in [6.07, 6.45) is 78.5. The highest BCUT2D eigenvalue weighted by Gasteiger charge is 2.19. The lowest BCUT2D eigenvalue weighted by Crippen LogP contribution is -2.30. The van der Waals surface area contributed by atoms with Gasteiger partial charge in [0.1, 0.15) is 13.2 Å². The predicted molar refractivity (Wildman–Crippen MR) is 321 cm³/mol. The average Bonchev–Trinajstić information content (AvgIpc) is 3.40. The third kappa shape index (κ3) is 60.2. The van der Waals surface area contributed by atoms with Gasteiger partial charge in [0.05, 0.1) is 0 Å². The SMILES string of the molecule is CC/C=C\C/C=C\C/C=C\CCCCCCCCCC(=O)OC(COC(=O)CCCCCCC/C=C\CCCCC)COC(=O)CCCCCCCCCCCCCCCCCCCCCCCCCCCCC. The van der Waals surface area contributed by atoms with Gasteiger partial charge < -0.3 is 14.2 Å². The van der Waals surface area contributed by atoms with Crippen LogP contribution in [0.25, 0.3) is 0 Å². The van der Waals surface area contributed by atoms with E-state index >= 15 is 0 Å². The van der Waals surface area contributed by atoms with Gasteiger partial charge in [-0.3, -0.25) is 14.4 Å². The summed E-state index contributed by atoms with van der Waals surface area (Å²) in [6.45, 7) is 6.54. The van der Waals surface area contributed by atoms with E-state index in [2.05, 4.69) is 69.4 Å². The molecule has 0 aliphatic carbocycles. The molecule has 0 rings (SSSR count). The molecule has 0 radical (unpaired) electrons. The monoisotopic (exact) mass is 1040 g/mol. The summed E-state index contributed by atoms with van der Waals surface area (Å²) in [5.74, 6) is -0.877. The molecule has 0 N–H and O–H groups in total. The summed E-state index contributed by atoms with van der Waals surface area (Å²) < 4.78 is 16.9. The van der Waals surface area contributed by atoms with E-state index in [1.807, 2.05) is 0 Å². The predicted octanol–water partition coefficient (Wildman–Crippen LogP) is 22.2. The Labute approximate surface area is 460 Å². The summed E-state index contributed by atoms with van der Waals surface area (Å²) >= 11 is 0. The molecule has 6 heteroatoms. The van der Waals surface area contributed by atoms with Gasteiger partial charge in [-0.05, 0) is 77.0 Å². The Morgan fingerprint density at radius 1 is 0.284 bits per heavy atom. The van der Waals surface area contributed by atoms with Crippen LogP contribution in [-0.4, -0.2) is 37.2 Å². The third-order valence-corrected chi connectivity index (χ3v) is 14.6. The Kier molecular flexibility index (Phi) is 60.7. The summed E-state index contributed by atoms with van der Waals surface area (Å²) in [5.41, 5.74) is 0. The van der Waals surface area contributed by atoms with E-state index in [0.29, 0.717) is 19.3 Å². The number of ether oxygens (including phenoxy) is 3. The average molecular weight is 1040 g/mol. The Hall–Kier alpha value is -2.63. The van der Waals surface area contributed by atoms with E-state index in [1.54, 1.807) is 0 Å². The van der Waals surface area contributed by atoms with Crippen molar-refractivity contribution >= 4 is 17.9 Å². The Balaban J connectivity index is 4.19. The van der Waals surface area contributed by atoms with Crippen LogP contribution in [0.1, 0.15) is 348 Å². The lowest BCUT2D eigenvalue weighted by molar-refractivity contribution is -0.167. The van der Waals surface area contributed by atoms with Crippen LogP contribution in [0, 0.1) is 0 Å². The van der Waals surface area contributed by atoms with Gasteiger partial charge in [0.15, 0.2) is 6.10 Å². The Bertz CT molecular complexity index is 1280. The zero-order valence-electron chi connectivity index (χ0n) is 49.6. The number of allylic oxidation sites excluding steroid dienone is 8. The fourth-order valence-corrected chi connectivity index (χ4v) is 9.69. The molecule has 0 aromatic carbocycles. The van der Waals surface area contributed by atoms with Crippen LogP contribution >= 0.6 is 0 Å². The fourth-order valence-electron chi connectivity index (χ4n) is 9.69. The van der Waals surface area contributed by atoms with Crippen molar-refractivity contribution in [2.45, 2.75) is 354 Å². The summed E-state index contributed by atoms with van der Waals surface area (Å²) in [4.78, 5) is 38.2. The van der Waals surface area contributed by atoms with Crippen LogP contribution in [0.2, 0.25) is 0 Å². The maximum absolute atomic E-state index is 12.9. The largest absolute Gasteiger partial charge is 0.462 e. The van der Waals surface area contributed by atoms with Gasteiger partial charge in [-0.2, -0.15) is 0 Å². The van der Waals surface area contributed by atoms with Crippen LogP contribution in [0.4, 0.5) is 0 Å². The van der Waals surface area contributed by atoms with Crippen molar-refractivity contribution < 1.29 is 28.6 Å². The molecule has 0 fully saturated rings. The first kappa shape index (κ1) is 71.4. The van der Waals surface area contributed by atoms with Gasteiger partial charge in [-0.25, -0.2) is 0 Å². The zero-order valence-corrected chi connectivity index (χ0v) is 49.6. The maximum Gasteiger partial charge on any atom is 0.306 e. The van der Waals surface area contributed by atoms with E-state index < -0.39 is 6.10 Å². The van der Waals surface area contributed by atoms with Crippen LogP contribution in [-0.2, 0) is 28.6 Å². The van der Waals surface area contributed by atoms with E-state index in [9.17, 15) is 14.4 Å². The number of hydrogen-bond acceptors (Lipinski definition) is 6. The van der Waals surface area contributed by atoms with Gasteiger partial charge in [-0.1, -0.05) is 301 Å². The number of esters is 3. The second-order valence-corrected chi connectivity index (χ2v) is 22.0. The van der Waals surface area contributed by atoms with E-state index in [0.717, 1.165) is 89.9 Å². The van der Waals surface area contributed by atoms with Gasteiger partial charge in [0.2, 0.25) is 0 Å². The van der Waals surface area contributed by atoms with Crippen molar-refractivity contribution in [2.75, 3.05) is 13.2 Å². The second-order valence-electron chi connectivity index (χ2n) is 22.0.